The molecule has 1 rings (SSSR count). The van der Waals surface area contributed by atoms with E-state index in [1.165, 1.54) is 0 Å². The Bertz CT molecular complexity index is 308. The van der Waals surface area contributed by atoms with Crippen molar-refractivity contribution in [1.82, 2.24) is 0 Å². The van der Waals surface area contributed by atoms with E-state index in [0.29, 0.717) is 0 Å². The van der Waals surface area contributed by atoms with Gasteiger partial charge in [0.15, 0.2) is 0 Å². The Labute approximate surface area is 82.7 Å². The number of carbonyl (C=O) groups is 1. The summed E-state index contributed by atoms with van der Waals surface area (Å²) in [4.78, 5) is 10.8. The van der Waals surface area contributed by atoms with Gasteiger partial charge in [-0.3, -0.25) is 4.79 Å². The minimum Gasteiger partial charge on any atom is -0.394 e. The van der Waals surface area contributed by atoms with Gasteiger partial charge in [-0.25, -0.2) is 0 Å². The van der Waals surface area contributed by atoms with Crippen molar-refractivity contribution in [3.8, 4) is 0 Å². The fourth-order valence-corrected chi connectivity index (χ4v) is 1.06. The third-order valence-electron chi connectivity index (χ3n) is 1.92. The highest BCUT2D eigenvalue weighted by molar-refractivity contribution is 5.83. The van der Waals surface area contributed by atoms with E-state index >= 15 is 0 Å². The van der Waals surface area contributed by atoms with Crippen LogP contribution >= 0.6 is 0 Å². The van der Waals surface area contributed by atoms with E-state index in [0.717, 1.165) is 11.3 Å². The molecule has 0 aromatic heterocycles. The van der Waals surface area contributed by atoms with Gasteiger partial charge in [-0.1, -0.05) is 17.7 Å². The average molecular weight is 194 g/mol. The van der Waals surface area contributed by atoms with Gasteiger partial charge in [0.05, 0.1) is 6.61 Å². The van der Waals surface area contributed by atoms with Gasteiger partial charge in [0, 0.05) is 5.69 Å². The number of benzene rings is 1. The lowest BCUT2D eigenvalue weighted by Gasteiger charge is -2.13. The Morgan fingerprint density at radius 3 is 2.50 bits per heavy atom. The first-order valence-corrected chi connectivity index (χ1v) is 4.37. The van der Waals surface area contributed by atoms with Crippen LogP contribution < -0.4 is 11.1 Å². The van der Waals surface area contributed by atoms with Crippen LogP contribution in [-0.4, -0.2) is 23.7 Å². The molecule has 1 amide bonds. The zero-order chi connectivity index (χ0) is 10.6. The first-order valence-electron chi connectivity index (χ1n) is 4.37. The molecule has 4 N–H and O–H groups in total. The van der Waals surface area contributed by atoms with E-state index in [4.69, 9.17) is 10.8 Å². The molecule has 1 unspecified atom stereocenters. The number of rotatable bonds is 4. The summed E-state index contributed by atoms with van der Waals surface area (Å²) in [5.41, 5.74) is 6.97. The smallest absolute Gasteiger partial charge is 0.242 e. The van der Waals surface area contributed by atoms with Crippen molar-refractivity contribution < 1.29 is 9.90 Å². The highest BCUT2D eigenvalue weighted by Gasteiger charge is 2.12. The predicted molar refractivity (Wildman–Crippen MR) is 54.9 cm³/mol. The van der Waals surface area contributed by atoms with Crippen LogP contribution in [0.1, 0.15) is 5.56 Å². The van der Waals surface area contributed by atoms with Gasteiger partial charge in [0.1, 0.15) is 6.04 Å². The zero-order valence-corrected chi connectivity index (χ0v) is 8.03. The monoisotopic (exact) mass is 194 g/mol. The van der Waals surface area contributed by atoms with E-state index in [2.05, 4.69) is 5.32 Å². The van der Waals surface area contributed by atoms with E-state index in [-0.39, 0.29) is 6.61 Å². The minimum absolute atomic E-state index is 0.302. The van der Waals surface area contributed by atoms with Crippen molar-refractivity contribution in [3.63, 3.8) is 0 Å². The summed E-state index contributed by atoms with van der Waals surface area (Å²) in [5, 5.41) is 11.7. The van der Waals surface area contributed by atoms with Gasteiger partial charge in [0.25, 0.3) is 0 Å². The van der Waals surface area contributed by atoms with E-state index < -0.39 is 11.9 Å². The Morgan fingerprint density at radius 1 is 1.50 bits per heavy atom. The lowest BCUT2D eigenvalue weighted by atomic mass is 10.2. The second-order valence-corrected chi connectivity index (χ2v) is 3.15. The average Bonchev–Trinajstić information content (AvgIpc) is 2.16. The maximum absolute atomic E-state index is 10.8. The number of aliphatic hydroxyl groups excluding tert-OH is 1. The number of aliphatic hydroxyl groups is 1. The fourth-order valence-electron chi connectivity index (χ4n) is 1.06. The SMILES string of the molecule is Cc1ccc(NC(CO)C(N)=O)cc1. The van der Waals surface area contributed by atoms with E-state index in [1.54, 1.807) is 0 Å². The minimum atomic E-state index is -0.724. The van der Waals surface area contributed by atoms with Gasteiger partial charge in [-0.2, -0.15) is 0 Å². The Hall–Kier alpha value is -1.55. The van der Waals surface area contributed by atoms with E-state index in [9.17, 15) is 4.79 Å². The van der Waals surface area contributed by atoms with Crippen LogP contribution in [0, 0.1) is 6.92 Å². The van der Waals surface area contributed by atoms with Crippen LogP contribution in [0.5, 0.6) is 0 Å². The predicted octanol–water partition coefficient (Wildman–Crippen LogP) is 0.253. The number of anilines is 1. The molecule has 0 radical (unpaired) electrons. The van der Waals surface area contributed by atoms with Crippen LogP contribution in [-0.2, 0) is 4.79 Å². The van der Waals surface area contributed by atoms with Crippen molar-refractivity contribution in [3.05, 3.63) is 29.8 Å². The van der Waals surface area contributed by atoms with Crippen LogP contribution in [0.15, 0.2) is 24.3 Å². The molecule has 0 fully saturated rings. The van der Waals surface area contributed by atoms with Crippen LogP contribution in [0.3, 0.4) is 0 Å². The number of carbonyl (C=O) groups excluding carboxylic acids is 1. The fraction of sp³-hybridized carbons (Fsp3) is 0.300. The summed E-state index contributed by atoms with van der Waals surface area (Å²) in [6.45, 7) is 1.67. The number of amides is 1. The number of primary amides is 1. The quantitative estimate of drug-likeness (QED) is 0.643. The molecule has 0 aliphatic heterocycles. The number of aryl methyl sites for hydroxylation is 1. The molecule has 0 aliphatic carbocycles. The Morgan fingerprint density at radius 2 is 2.07 bits per heavy atom. The maximum Gasteiger partial charge on any atom is 0.242 e. The molecule has 4 heteroatoms. The largest absolute Gasteiger partial charge is 0.394 e. The molecule has 4 nitrogen and oxygen atoms in total. The number of hydrogen-bond acceptors (Lipinski definition) is 3. The molecule has 0 saturated carbocycles. The van der Waals surface area contributed by atoms with Gasteiger partial charge in [-0.15, -0.1) is 0 Å². The molecule has 1 atom stereocenters. The normalized spacial score (nSPS) is 12.1. The third kappa shape index (κ3) is 2.74. The molecular weight excluding hydrogens is 180 g/mol. The molecular formula is C10H14N2O2. The standard InChI is InChI=1S/C10H14N2O2/c1-7-2-4-8(5-3-7)12-9(6-13)10(11)14/h2-5,9,12-13H,6H2,1H3,(H2,11,14). The summed E-state index contributed by atoms with van der Waals surface area (Å²) >= 11 is 0. The van der Waals surface area contributed by atoms with E-state index in [1.807, 2.05) is 31.2 Å². The highest BCUT2D eigenvalue weighted by atomic mass is 16.3. The Balaban J connectivity index is 2.67. The lowest BCUT2D eigenvalue weighted by molar-refractivity contribution is -0.119. The summed E-state index contributed by atoms with van der Waals surface area (Å²) < 4.78 is 0. The third-order valence-corrected chi connectivity index (χ3v) is 1.92. The zero-order valence-electron chi connectivity index (χ0n) is 8.03. The second kappa shape index (κ2) is 4.62. The Kier molecular flexibility index (Phi) is 3.48. The molecule has 0 aliphatic rings. The van der Waals surface area contributed by atoms with Gasteiger partial charge < -0.3 is 16.2 Å². The molecule has 1 aromatic carbocycles. The van der Waals surface area contributed by atoms with Gasteiger partial charge >= 0.3 is 0 Å². The van der Waals surface area contributed by atoms with Crippen molar-refractivity contribution in [2.24, 2.45) is 5.73 Å². The van der Waals surface area contributed by atoms with Crippen molar-refractivity contribution in [2.45, 2.75) is 13.0 Å². The summed E-state index contributed by atoms with van der Waals surface area (Å²) in [7, 11) is 0. The second-order valence-electron chi connectivity index (χ2n) is 3.15. The van der Waals surface area contributed by atoms with Crippen molar-refractivity contribution in [2.75, 3.05) is 11.9 Å². The van der Waals surface area contributed by atoms with Crippen molar-refractivity contribution in [1.29, 1.82) is 0 Å². The first kappa shape index (κ1) is 10.5. The molecule has 14 heavy (non-hydrogen) atoms. The summed E-state index contributed by atoms with van der Waals surface area (Å²) in [5.74, 6) is -0.562. The first-order chi connectivity index (χ1) is 6.63. The number of nitrogens with one attached hydrogen (secondary N) is 1. The van der Waals surface area contributed by atoms with Gasteiger partial charge in [0.2, 0.25) is 5.91 Å². The van der Waals surface area contributed by atoms with Crippen LogP contribution in [0.2, 0.25) is 0 Å². The maximum atomic E-state index is 10.8. The molecule has 1 aromatic rings. The number of hydrogen-bond donors (Lipinski definition) is 3. The van der Waals surface area contributed by atoms with Crippen molar-refractivity contribution >= 4 is 11.6 Å². The van der Waals surface area contributed by atoms with Crippen LogP contribution in [0.25, 0.3) is 0 Å². The topological polar surface area (TPSA) is 75.3 Å². The van der Waals surface area contributed by atoms with Crippen LogP contribution in [0.4, 0.5) is 5.69 Å². The summed E-state index contributed by atoms with van der Waals surface area (Å²) in [6.07, 6.45) is 0. The van der Waals surface area contributed by atoms with Gasteiger partial charge in [-0.05, 0) is 19.1 Å². The molecule has 0 saturated heterocycles. The molecule has 0 heterocycles. The molecule has 76 valence electrons. The lowest BCUT2D eigenvalue weighted by Crippen LogP contribution is -2.38. The molecule has 0 spiro atoms. The molecule has 0 bridgehead atoms. The highest BCUT2D eigenvalue weighted by Crippen LogP contribution is 2.09. The number of nitrogens with two attached hydrogens (primary N) is 1. The summed E-state index contributed by atoms with van der Waals surface area (Å²) in [6, 6.07) is 6.77.